The topological polar surface area (TPSA) is 63.6 Å². The second kappa shape index (κ2) is 28.7. The van der Waals surface area contributed by atoms with Crippen LogP contribution < -0.4 is 0 Å². The molecule has 0 saturated heterocycles. The normalized spacial score (nSPS) is 16.4. The van der Waals surface area contributed by atoms with Crippen molar-refractivity contribution < 1.29 is 19.4 Å². The molecule has 4 nitrogen and oxygen atoms in total. The smallest absolute Gasteiger partial charge is 0.330 e. The van der Waals surface area contributed by atoms with Crippen LogP contribution in [0.25, 0.3) is 0 Å². The largest absolute Gasteiger partial charge is 0.481 e. The van der Waals surface area contributed by atoms with Gasteiger partial charge in [0.2, 0.25) is 0 Å². The molecule has 1 fully saturated rings. The van der Waals surface area contributed by atoms with Crippen LogP contribution in [0, 0.1) is 11.3 Å². The zero-order valence-corrected chi connectivity index (χ0v) is 22.5. The van der Waals surface area contributed by atoms with Gasteiger partial charge < -0.3 is 9.84 Å². The number of esters is 1. The lowest BCUT2D eigenvalue weighted by Gasteiger charge is -2.30. The molecule has 1 atom stereocenters. The van der Waals surface area contributed by atoms with Gasteiger partial charge in [0.1, 0.15) is 0 Å². The summed E-state index contributed by atoms with van der Waals surface area (Å²) in [6.07, 6.45) is 14.3. The van der Waals surface area contributed by atoms with Gasteiger partial charge in [-0.05, 0) is 37.0 Å². The molecule has 1 saturated carbocycles. The lowest BCUT2D eigenvalue weighted by atomic mass is 9.76. The fraction of sp³-hybridized carbons (Fsp3) is 0.852. The first-order valence-corrected chi connectivity index (χ1v) is 12.5. The van der Waals surface area contributed by atoms with Gasteiger partial charge in [0.15, 0.2) is 0 Å². The van der Waals surface area contributed by atoms with Crippen molar-refractivity contribution in [3.8, 4) is 0 Å². The SMILES string of the molecule is C=CC(=O)OCCC.CC1CCCCCC(C)(C)C1.CCC.CCC.CCCC(=O)O. The van der Waals surface area contributed by atoms with Gasteiger partial charge in [-0.3, -0.25) is 4.79 Å². The molecule has 0 aromatic heterocycles. The summed E-state index contributed by atoms with van der Waals surface area (Å²) in [6.45, 7) is 23.3. The third kappa shape index (κ3) is 43.4. The van der Waals surface area contributed by atoms with Crippen molar-refractivity contribution in [1.82, 2.24) is 0 Å². The molecular weight excluding hydrogens is 388 g/mol. The highest BCUT2D eigenvalue weighted by Gasteiger charge is 2.22. The summed E-state index contributed by atoms with van der Waals surface area (Å²) in [7, 11) is 0. The molecule has 188 valence electrons. The summed E-state index contributed by atoms with van der Waals surface area (Å²) in [5.74, 6) is -0.0883. The molecule has 0 radical (unpaired) electrons. The number of rotatable bonds is 5. The van der Waals surface area contributed by atoms with E-state index in [1.54, 1.807) is 0 Å². The quantitative estimate of drug-likeness (QED) is 0.340. The van der Waals surface area contributed by atoms with Crippen LogP contribution in [-0.2, 0) is 14.3 Å². The van der Waals surface area contributed by atoms with E-state index in [0.717, 1.165) is 24.8 Å². The first-order valence-electron chi connectivity index (χ1n) is 12.5. The molecule has 4 heteroatoms. The highest BCUT2D eigenvalue weighted by atomic mass is 16.5. The van der Waals surface area contributed by atoms with Crippen LogP contribution in [-0.4, -0.2) is 23.7 Å². The van der Waals surface area contributed by atoms with E-state index >= 15 is 0 Å². The van der Waals surface area contributed by atoms with Crippen molar-refractivity contribution in [2.24, 2.45) is 11.3 Å². The maximum absolute atomic E-state index is 10.2. The molecule has 0 aromatic carbocycles. The number of carbonyl (C=O) groups excluding carboxylic acids is 1. The average Bonchev–Trinajstić information content (AvgIpc) is 2.66. The van der Waals surface area contributed by atoms with Gasteiger partial charge >= 0.3 is 11.9 Å². The highest BCUT2D eigenvalue weighted by Crippen LogP contribution is 2.35. The van der Waals surface area contributed by atoms with Gasteiger partial charge in [0.25, 0.3) is 0 Å². The Morgan fingerprint density at radius 1 is 1.00 bits per heavy atom. The Balaban J connectivity index is -0.000000162. The Morgan fingerprint density at radius 2 is 1.52 bits per heavy atom. The summed E-state index contributed by atoms with van der Waals surface area (Å²) in [5, 5.41) is 7.91. The van der Waals surface area contributed by atoms with E-state index in [-0.39, 0.29) is 5.97 Å². The number of hydrogen-bond donors (Lipinski definition) is 1. The number of carboxylic acids is 1. The molecule has 1 aliphatic rings. The van der Waals surface area contributed by atoms with E-state index in [0.29, 0.717) is 18.4 Å². The lowest BCUT2D eigenvalue weighted by molar-refractivity contribution is -0.138. The average molecular weight is 445 g/mol. The molecule has 31 heavy (non-hydrogen) atoms. The predicted molar refractivity (Wildman–Crippen MR) is 137 cm³/mol. The van der Waals surface area contributed by atoms with E-state index in [1.807, 2.05) is 13.8 Å². The Bertz CT molecular complexity index is 387. The minimum atomic E-state index is -0.711. The van der Waals surface area contributed by atoms with Crippen molar-refractivity contribution >= 4 is 11.9 Å². The van der Waals surface area contributed by atoms with Crippen molar-refractivity contribution in [2.75, 3.05) is 6.61 Å². The zero-order valence-electron chi connectivity index (χ0n) is 22.5. The van der Waals surface area contributed by atoms with Crippen LogP contribution in [0.15, 0.2) is 12.7 Å². The summed E-state index contributed by atoms with van der Waals surface area (Å²) in [4.78, 5) is 19.8. The van der Waals surface area contributed by atoms with Crippen LogP contribution in [0.1, 0.15) is 133 Å². The molecule has 1 N–H and O–H groups in total. The lowest BCUT2D eigenvalue weighted by Crippen LogP contribution is -2.17. The molecule has 1 aliphatic carbocycles. The third-order valence-corrected chi connectivity index (χ3v) is 4.03. The number of ether oxygens (including phenoxy) is 1. The van der Waals surface area contributed by atoms with Crippen molar-refractivity contribution in [3.63, 3.8) is 0 Å². The summed E-state index contributed by atoms with van der Waals surface area (Å²) >= 11 is 0. The van der Waals surface area contributed by atoms with Crippen molar-refractivity contribution in [2.45, 2.75) is 133 Å². The Morgan fingerprint density at radius 3 is 1.87 bits per heavy atom. The third-order valence-electron chi connectivity index (χ3n) is 4.03. The van der Waals surface area contributed by atoms with Gasteiger partial charge in [-0.1, -0.05) is 107 Å². The maximum Gasteiger partial charge on any atom is 0.330 e. The summed E-state index contributed by atoms with van der Waals surface area (Å²) in [6, 6.07) is 0. The van der Waals surface area contributed by atoms with Crippen molar-refractivity contribution in [1.29, 1.82) is 0 Å². The number of aliphatic carboxylic acids is 1. The fourth-order valence-electron chi connectivity index (χ4n) is 2.90. The number of hydrogen-bond acceptors (Lipinski definition) is 3. The van der Waals surface area contributed by atoms with Crippen LogP contribution >= 0.6 is 0 Å². The molecule has 0 amide bonds. The maximum atomic E-state index is 10.2. The van der Waals surface area contributed by atoms with Crippen LogP contribution in [0.4, 0.5) is 0 Å². The first-order chi connectivity index (χ1) is 14.5. The molecule has 1 rings (SSSR count). The number of carbonyl (C=O) groups is 2. The highest BCUT2D eigenvalue weighted by molar-refractivity contribution is 5.81. The second-order valence-corrected chi connectivity index (χ2v) is 9.00. The molecule has 0 aliphatic heterocycles. The summed E-state index contributed by atoms with van der Waals surface area (Å²) < 4.78 is 4.58. The molecule has 1 unspecified atom stereocenters. The standard InChI is InChI=1S/C11H22.C6H10O2.C4H8O2.2C3H8/c1-10-7-5-4-6-8-11(2,3)9-10;1-3-5-8-6(7)4-2;1-2-3-4(5)6;2*1-3-2/h10H,4-9H2,1-3H3;4H,2-3,5H2,1H3;2-3H2,1H3,(H,5,6);2*3H2,1-2H3. The Kier molecular flexibility index (Phi) is 34.2. The van der Waals surface area contributed by atoms with Crippen LogP contribution in [0.3, 0.4) is 0 Å². The second-order valence-electron chi connectivity index (χ2n) is 9.00. The van der Waals surface area contributed by atoms with Gasteiger partial charge in [0, 0.05) is 12.5 Å². The molecule has 0 spiro atoms. The van der Waals surface area contributed by atoms with E-state index in [2.05, 4.69) is 59.8 Å². The van der Waals surface area contributed by atoms with E-state index < -0.39 is 5.97 Å². The zero-order chi connectivity index (χ0) is 25.1. The number of carboxylic acid groups (broad SMARTS) is 1. The van der Waals surface area contributed by atoms with Gasteiger partial charge in [-0.2, -0.15) is 0 Å². The summed E-state index contributed by atoms with van der Waals surface area (Å²) in [5.41, 5.74) is 0.625. The molecule has 0 bridgehead atoms. The minimum absolute atomic E-state index is 0.292. The van der Waals surface area contributed by atoms with Crippen LogP contribution in [0.5, 0.6) is 0 Å². The fourth-order valence-corrected chi connectivity index (χ4v) is 2.90. The molecule has 0 heterocycles. The Hall–Kier alpha value is -1.32. The molecule has 0 aromatic rings. The monoisotopic (exact) mass is 444 g/mol. The van der Waals surface area contributed by atoms with E-state index in [4.69, 9.17) is 5.11 Å². The van der Waals surface area contributed by atoms with E-state index in [9.17, 15) is 9.59 Å². The first kappa shape index (κ1) is 37.0. The van der Waals surface area contributed by atoms with Gasteiger partial charge in [0.05, 0.1) is 6.61 Å². The predicted octanol–water partition coefficient (Wildman–Crippen LogP) is 8.83. The van der Waals surface area contributed by atoms with Gasteiger partial charge in [-0.25, -0.2) is 4.79 Å². The van der Waals surface area contributed by atoms with Crippen LogP contribution in [0.2, 0.25) is 0 Å². The van der Waals surface area contributed by atoms with E-state index in [1.165, 1.54) is 51.4 Å². The molecular formula is C27H56O4. The van der Waals surface area contributed by atoms with Crippen molar-refractivity contribution in [3.05, 3.63) is 12.7 Å². The Labute approximate surface area is 195 Å². The minimum Gasteiger partial charge on any atom is -0.481 e. The van der Waals surface area contributed by atoms with Gasteiger partial charge in [-0.15, -0.1) is 0 Å².